The third kappa shape index (κ3) is 4.08. The van der Waals surface area contributed by atoms with E-state index < -0.39 is 17.5 Å². The van der Waals surface area contributed by atoms with Gasteiger partial charge >= 0.3 is 12.0 Å². The van der Waals surface area contributed by atoms with E-state index in [-0.39, 0.29) is 19.2 Å². The monoisotopic (exact) mass is 288 g/mol. The molecule has 116 valence electrons. The normalized spacial score (nSPS) is 19.5. The summed E-state index contributed by atoms with van der Waals surface area (Å²) in [5.41, 5.74) is -0.745. The number of ether oxygens (including phenoxy) is 1. The number of methoxy groups -OCH3 is 1. The van der Waals surface area contributed by atoms with Crippen molar-refractivity contribution in [3.8, 4) is 0 Å². The lowest BCUT2D eigenvalue weighted by Crippen LogP contribution is -2.50. The quantitative estimate of drug-likeness (QED) is 0.756. The molecule has 1 aliphatic heterocycles. The van der Waals surface area contributed by atoms with Crippen LogP contribution in [-0.2, 0) is 9.53 Å². The highest BCUT2D eigenvalue weighted by atomic mass is 16.5. The summed E-state index contributed by atoms with van der Waals surface area (Å²) in [5.74, 6) is -0.812. The average molecular weight is 288 g/mol. The molecule has 0 saturated carbocycles. The van der Waals surface area contributed by atoms with E-state index in [1.807, 2.05) is 0 Å². The molecule has 0 bridgehead atoms. The first-order chi connectivity index (χ1) is 9.30. The lowest BCUT2D eigenvalue weighted by atomic mass is 9.80. The fourth-order valence-corrected chi connectivity index (χ4v) is 2.29. The Bertz CT molecular complexity index is 353. The number of rotatable bonds is 5. The number of likely N-dealkylation sites (tertiary alicyclic amines) is 1. The van der Waals surface area contributed by atoms with Gasteiger partial charge in [0.15, 0.2) is 0 Å². The number of likely N-dealkylation sites (N-methyl/N-ethyl adjacent to an activating group) is 1. The van der Waals surface area contributed by atoms with E-state index in [0.29, 0.717) is 25.9 Å². The van der Waals surface area contributed by atoms with Gasteiger partial charge < -0.3 is 24.7 Å². The van der Waals surface area contributed by atoms with Gasteiger partial charge in [0, 0.05) is 27.2 Å². The lowest BCUT2D eigenvalue weighted by molar-refractivity contribution is -0.150. The minimum Gasteiger partial charge on any atom is -0.481 e. The molecule has 2 N–H and O–H groups in total. The predicted octanol–water partition coefficient (Wildman–Crippen LogP) is 0.232. The number of piperidine rings is 1. The Kier molecular flexibility index (Phi) is 5.76. The van der Waals surface area contributed by atoms with Gasteiger partial charge in [-0.15, -0.1) is 0 Å². The van der Waals surface area contributed by atoms with Crippen molar-refractivity contribution in [2.45, 2.75) is 25.9 Å². The summed E-state index contributed by atoms with van der Waals surface area (Å²) in [6.45, 7) is 2.93. The first-order valence-electron chi connectivity index (χ1n) is 6.70. The Labute approximate surface area is 119 Å². The number of carboxylic acids is 1. The number of carboxylic acid groups (broad SMARTS) is 1. The maximum absolute atomic E-state index is 12.2. The molecule has 1 atom stereocenters. The van der Waals surface area contributed by atoms with Crippen molar-refractivity contribution in [2.75, 3.05) is 40.4 Å². The number of hydrogen-bond donors (Lipinski definition) is 2. The molecular formula is C13H24N2O5. The fraction of sp³-hybridized carbons (Fsp3) is 0.846. The van der Waals surface area contributed by atoms with Crippen LogP contribution in [0.4, 0.5) is 4.79 Å². The summed E-state index contributed by atoms with van der Waals surface area (Å²) in [4.78, 5) is 26.4. The average Bonchev–Trinajstić information content (AvgIpc) is 2.38. The number of nitrogens with zero attached hydrogens (tertiary/aromatic N) is 2. The molecule has 20 heavy (non-hydrogen) atoms. The molecule has 1 fully saturated rings. The zero-order valence-corrected chi connectivity index (χ0v) is 12.3. The van der Waals surface area contributed by atoms with Crippen LogP contribution in [-0.4, -0.2) is 78.5 Å². The number of carbonyl (C=O) groups excluding carboxylic acids is 1. The maximum atomic E-state index is 12.2. The van der Waals surface area contributed by atoms with Crippen LogP contribution in [0.3, 0.4) is 0 Å². The first-order valence-corrected chi connectivity index (χ1v) is 6.70. The van der Waals surface area contributed by atoms with Gasteiger partial charge in [0.05, 0.1) is 24.7 Å². The van der Waals surface area contributed by atoms with Crippen molar-refractivity contribution < 1.29 is 24.5 Å². The molecule has 1 saturated heterocycles. The van der Waals surface area contributed by atoms with Crippen LogP contribution in [0.25, 0.3) is 0 Å². The van der Waals surface area contributed by atoms with E-state index in [1.54, 1.807) is 18.9 Å². The number of carbonyl (C=O) groups is 2. The Hall–Kier alpha value is -1.34. The van der Waals surface area contributed by atoms with Crippen LogP contribution >= 0.6 is 0 Å². The smallest absolute Gasteiger partial charge is 0.319 e. The van der Waals surface area contributed by atoms with Gasteiger partial charge in [0.1, 0.15) is 0 Å². The van der Waals surface area contributed by atoms with Gasteiger partial charge in [-0.3, -0.25) is 4.79 Å². The molecule has 0 radical (unpaired) electrons. The third-order valence-electron chi connectivity index (χ3n) is 3.82. The van der Waals surface area contributed by atoms with Crippen LogP contribution in [0.5, 0.6) is 0 Å². The van der Waals surface area contributed by atoms with E-state index in [9.17, 15) is 14.7 Å². The fourth-order valence-electron chi connectivity index (χ4n) is 2.29. The highest BCUT2D eigenvalue weighted by Crippen LogP contribution is 2.31. The SMILES string of the molecule is COCC(O)CN(C)C(=O)N1CCC(C)(C(=O)O)CC1. The first kappa shape index (κ1) is 16.7. The summed E-state index contributed by atoms with van der Waals surface area (Å²) in [6.07, 6.45) is 0.175. The van der Waals surface area contributed by atoms with E-state index in [1.165, 1.54) is 12.0 Å². The second-order valence-electron chi connectivity index (χ2n) is 5.63. The summed E-state index contributed by atoms with van der Waals surface area (Å²) in [5, 5.41) is 18.8. The number of aliphatic hydroxyl groups is 1. The van der Waals surface area contributed by atoms with Gasteiger partial charge in [-0.25, -0.2) is 4.79 Å². The number of urea groups is 1. The molecule has 1 heterocycles. The highest BCUT2D eigenvalue weighted by Gasteiger charge is 2.38. The number of aliphatic hydroxyl groups excluding tert-OH is 1. The van der Waals surface area contributed by atoms with Crippen molar-refractivity contribution in [1.29, 1.82) is 0 Å². The second kappa shape index (κ2) is 6.90. The van der Waals surface area contributed by atoms with Crippen LogP contribution in [0.15, 0.2) is 0 Å². The summed E-state index contributed by atoms with van der Waals surface area (Å²) in [6, 6.07) is -0.187. The zero-order chi connectivity index (χ0) is 15.3. The molecule has 2 amide bonds. The van der Waals surface area contributed by atoms with Crippen LogP contribution in [0, 0.1) is 5.41 Å². The zero-order valence-electron chi connectivity index (χ0n) is 12.3. The Morgan fingerprint density at radius 2 is 1.95 bits per heavy atom. The Morgan fingerprint density at radius 1 is 1.40 bits per heavy atom. The molecule has 7 heteroatoms. The van der Waals surface area contributed by atoms with E-state index in [2.05, 4.69) is 0 Å². The van der Waals surface area contributed by atoms with Crippen LogP contribution in [0.1, 0.15) is 19.8 Å². The third-order valence-corrected chi connectivity index (χ3v) is 3.82. The summed E-state index contributed by atoms with van der Waals surface area (Å²) in [7, 11) is 3.11. The molecule has 0 spiro atoms. The molecule has 1 unspecified atom stereocenters. The molecule has 0 aromatic rings. The molecular weight excluding hydrogens is 264 g/mol. The largest absolute Gasteiger partial charge is 0.481 e. The van der Waals surface area contributed by atoms with Crippen molar-refractivity contribution in [3.05, 3.63) is 0 Å². The minimum atomic E-state index is -0.812. The van der Waals surface area contributed by atoms with Crippen molar-refractivity contribution in [2.24, 2.45) is 5.41 Å². The summed E-state index contributed by atoms with van der Waals surface area (Å²) < 4.78 is 4.82. The van der Waals surface area contributed by atoms with E-state index in [0.717, 1.165) is 0 Å². The van der Waals surface area contributed by atoms with Gasteiger partial charge in [-0.1, -0.05) is 0 Å². The van der Waals surface area contributed by atoms with E-state index in [4.69, 9.17) is 9.84 Å². The van der Waals surface area contributed by atoms with Gasteiger partial charge in [0.2, 0.25) is 0 Å². The molecule has 0 aromatic heterocycles. The number of hydrogen-bond acceptors (Lipinski definition) is 4. The van der Waals surface area contributed by atoms with Gasteiger partial charge in [-0.05, 0) is 19.8 Å². The topological polar surface area (TPSA) is 90.3 Å². The number of amides is 2. The Morgan fingerprint density at radius 3 is 2.40 bits per heavy atom. The second-order valence-corrected chi connectivity index (χ2v) is 5.63. The van der Waals surface area contributed by atoms with Gasteiger partial charge in [0.25, 0.3) is 0 Å². The summed E-state index contributed by atoms with van der Waals surface area (Å²) >= 11 is 0. The van der Waals surface area contributed by atoms with Crippen LogP contribution < -0.4 is 0 Å². The van der Waals surface area contributed by atoms with Crippen LogP contribution in [0.2, 0.25) is 0 Å². The molecule has 7 nitrogen and oxygen atoms in total. The maximum Gasteiger partial charge on any atom is 0.319 e. The van der Waals surface area contributed by atoms with Crippen molar-refractivity contribution in [3.63, 3.8) is 0 Å². The van der Waals surface area contributed by atoms with Crippen molar-refractivity contribution >= 4 is 12.0 Å². The Balaban J connectivity index is 2.48. The minimum absolute atomic E-state index is 0.175. The molecule has 1 rings (SSSR count). The van der Waals surface area contributed by atoms with Crippen molar-refractivity contribution in [1.82, 2.24) is 9.80 Å². The molecule has 0 aliphatic carbocycles. The standard InChI is InChI=1S/C13H24N2O5/c1-13(11(17)18)4-6-15(7-5-13)12(19)14(2)8-10(16)9-20-3/h10,16H,4-9H2,1-3H3,(H,17,18). The lowest BCUT2D eigenvalue weighted by Gasteiger charge is -2.38. The highest BCUT2D eigenvalue weighted by molar-refractivity contribution is 5.77. The predicted molar refractivity (Wildman–Crippen MR) is 72.5 cm³/mol. The van der Waals surface area contributed by atoms with Gasteiger partial charge in [-0.2, -0.15) is 0 Å². The van der Waals surface area contributed by atoms with E-state index >= 15 is 0 Å². The molecule has 0 aromatic carbocycles. The number of aliphatic carboxylic acids is 1. The molecule has 1 aliphatic rings.